The van der Waals surface area contributed by atoms with E-state index < -0.39 is 6.04 Å². The number of benzene rings is 1. The number of nitrogens with zero attached hydrogens (tertiary/aromatic N) is 1. The Morgan fingerprint density at radius 1 is 1.35 bits per heavy atom. The van der Waals surface area contributed by atoms with Gasteiger partial charge < -0.3 is 10.2 Å². The second-order valence-corrected chi connectivity index (χ2v) is 6.38. The zero-order valence-electron chi connectivity index (χ0n) is 11.9. The summed E-state index contributed by atoms with van der Waals surface area (Å²) in [7, 11) is 0. The average molecular weight is 339 g/mol. The molecular formula is C15H19BrN2O2. The molecule has 1 aliphatic heterocycles. The molecule has 1 atom stereocenters. The van der Waals surface area contributed by atoms with Crippen LogP contribution in [0.25, 0.3) is 0 Å². The van der Waals surface area contributed by atoms with Crippen LogP contribution in [0.3, 0.4) is 0 Å². The predicted octanol–water partition coefficient (Wildman–Crippen LogP) is 2.64. The molecule has 0 saturated carbocycles. The molecule has 2 rings (SSSR count). The molecule has 1 unspecified atom stereocenters. The van der Waals surface area contributed by atoms with Crippen molar-refractivity contribution in [3.05, 3.63) is 28.2 Å². The normalized spacial score (nSPS) is 20.1. The lowest BCUT2D eigenvalue weighted by Gasteiger charge is -2.27. The first-order valence-electron chi connectivity index (χ1n) is 6.77. The van der Waals surface area contributed by atoms with Crippen LogP contribution in [0.1, 0.15) is 25.8 Å². The topological polar surface area (TPSA) is 49.4 Å². The molecule has 1 fully saturated rings. The van der Waals surface area contributed by atoms with Crippen molar-refractivity contribution < 1.29 is 9.59 Å². The molecule has 20 heavy (non-hydrogen) atoms. The summed E-state index contributed by atoms with van der Waals surface area (Å²) >= 11 is 3.43. The SMILES string of the molecule is Cc1cc(Br)ccc1N1CCC(=O)NC(C(C)C)C1=O. The van der Waals surface area contributed by atoms with E-state index in [1.165, 1.54) is 0 Å². The third-order valence-corrected chi connectivity index (χ3v) is 4.02. The maximum atomic E-state index is 12.7. The van der Waals surface area contributed by atoms with Crippen molar-refractivity contribution in [1.82, 2.24) is 5.32 Å². The highest BCUT2D eigenvalue weighted by Gasteiger charge is 2.33. The number of hydrogen-bond donors (Lipinski definition) is 1. The summed E-state index contributed by atoms with van der Waals surface area (Å²) in [6.45, 7) is 6.29. The third kappa shape index (κ3) is 3.03. The Hall–Kier alpha value is -1.36. The summed E-state index contributed by atoms with van der Waals surface area (Å²) in [6, 6.07) is 5.37. The van der Waals surface area contributed by atoms with Crippen LogP contribution in [0.2, 0.25) is 0 Å². The van der Waals surface area contributed by atoms with Gasteiger partial charge in [0, 0.05) is 23.1 Å². The van der Waals surface area contributed by atoms with E-state index in [4.69, 9.17) is 0 Å². The summed E-state index contributed by atoms with van der Waals surface area (Å²) < 4.78 is 0.982. The first-order chi connectivity index (χ1) is 9.40. The lowest BCUT2D eigenvalue weighted by atomic mass is 10.0. The molecule has 0 aliphatic carbocycles. The number of amides is 2. The van der Waals surface area contributed by atoms with Gasteiger partial charge in [-0.25, -0.2) is 0 Å². The highest BCUT2D eigenvalue weighted by atomic mass is 79.9. The number of hydrogen-bond acceptors (Lipinski definition) is 2. The summed E-state index contributed by atoms with van der Waals surface area (Å²) in [5, 5.41) is 2.82. The predicted molar refractivity (Wildman–Crippen MR) is 82.6 cm³/mol. The first kappa shape index (κ1) is 15.0. The van der Waals surface area contributed by atoms with Crippen LogP contribution in [0, 0.1) is 12.8 Å². The van der Waals surface area contributed by atoms with Crippen molar-refractivity contribution in [2.75, 3.05) is 11.4 Å². The van der Waals surface area contributed by atoms with Crippen LogP contribution < -0.4 is 10.2 Å². The summed E-state index contributed by atoms with van der Waals surface area (Å²) in [4.78, 5) is 26.2. The molecule has 4 nitrogen and oxygen atoms in total. The highest BCUT2D eigenvalue weighted by Crippen LogP contribution is 2.26. The minimum absolute atomic E-state index is 0.0312. The second kappa shape index (κ2) is 5.95. The summed E-state index contributed by atoms with van der Waals surface area (Å²) in [5.74, 6) is -0.0200. The van der Waals surface area contributed by atoms with Crippen molar-refractivity contribution in [1.29, 1.82) is 0 Å². The fourth-order valence-electron chi connectivity index (χ4n) is 2.41. The smallest absolute Gasteiger partial charge is 0.249 e. The van der Waals surface area contributed by atoms with Crippen molar-refractivity contribution in [2.24, 2.45) is 5.92 Å². The lowest BCUT2D eigenvalue weighted by molar-refractivity contribution is -0.126. The van der Waals surface area contributed by atoms with Gasteiger partial charge in [-0.3, -0.25) is 9.59 Å². The molecule has 5 heteroatoms. The quantitative estimate of drug-likeness (QED) is 0.901. The largest absolute Gasteiger partial charge is 0.344 e. The molecule has 1 aromatic carbocycles. The zero-order chi connectivity index (χ0) is 14.9. The standard InChI is InChI=1S/C15H19BrN2O2/c1-9(2)14-15(20)18(7-6-13(19)17-14)12-5-4-11(16)8-10(12)3/h4-5,8-9,14H,6-7H2,1-3H3,(H,17,19). The Labute approximate surface area is 127 Å². The number of anilines is 1. The Kier molecular flexibility index (Phi) is 4.48. The maximum Gasteiger partial charge on any atom is 0.249 e. The van der Waals surface area contributed by atoms with Crippen LogP contribution in [-0.4, -0.2) is 24.4 Å². The molecule has 1 aromatic rings. The van der Waals surface area contributed by atoms with E-state index in [9.17, 15) is 9.59 Å². The number of rotatable bonds is 2. The molecule has 1 N–H and O–H groups in total. The molecule has 0 bridgehead atoms. The van der Waals surface area contributed by atoms with Crippen molar-refractivity contribution in [2.45, 2.75) is 33.2 Å². The number of halogens is 1. The molecule has 108 valence electrons. The zero-order valence-corrected chi connectivity index (χ0v) is 13.5. The molecule has 1 saturated heterocycles. The van der Waals surface area contributed by atoms with Crippen LogP contribution in [-0.2, 0) is 9.59 Å². The van der Waals surface area contributed by atoms with Gasteiger partial charge in [0.1, 0.15) is 6.04 Å². The highest BCUT2D eigenvalue weighted by molar-refractivity contribution is 9.10. The third-order valence-electron chi connectivity index (χ3n) is 3.53. The minimum atomic E-state index is -0.451. The van der Waals surface area contributed by atoms with Gasteiger partial charge in [0.05, 0.1) is 0 Å². The Morgan fingerprint density at radius 3 is 2.65 bits per heavy atom. The fraction of sp³-hybridized carbons (Fsp3) is 0.467. The average Bonchev–Trinajstić information content (AvgIpc) is 2.50. The lowest BCUT2D eigenvalue weighted by Crippen LogP contribution is -2.48. The van der Waals surface area contributed by atoms with Crippen LogP contribution in [0.5, 0.6) is 0 Å². The first-order valence-corrected chi connectivity index (χ1v) is 7.56. The van der Waals surface area contributed by atoms with Gasteiger partial charge in [0.25, 0.3) is 0 Å². The monoisotopic (exact) mass is 338 g/mol. The molecular weight excluding hydrogens is 320 g/mol. The van der Waals surface area contributed by atoms with Gasteiger partial charge in [0.15, 0.2) is 0 Å². The van der Waals surface area contributed by atoms with Gasteiger partial charge in [-0.2, -0.15) is 0 Å². The van der Waals surface area contributed by atoms with Crippen molar-refractivity contribution in [3.8, 4) is 0 Å². The number of carbonyl (C=O) groups is 2. The van der Waals surface area contributed by atoms with E-state index in [0.29, 0.717) is 13.0 Å². The summed E-state index contributed by atoms with van der Waals surface area (Å²) in [5.41, 5.74) is 1.89. The molecule has 0 radical (unpaired) electrons. The van der Waals surface area contributed by atoms with Gasteiger partial charge in [-0.05, 0) is 36.6 Å². The Morgan fingerprint density at radius 2 is 2.05 bits per heavy atom. The minimum Gasteiger partial charge on any atom is -0.344 e. The number of carbonyl (C=O) groups excluding carboxylic acids is 2. The van der Waals surface area contributed by atoms with Gasteiger partial charge in [-0.1, -0.05) is 29.8 Å². The molecule has 1 aliphatic rings. The van der Waals surface area contributed by atoms with Crippen LogP contribution in [0.15, 0.2) is 22.7 Å². The fourth-order valence-corrected chi connectivity index (χ4v) is 2.89. The number of aryl methyl sites for hydroxylation is 1. The van der Waals surface area contributed by atoms with Gasteiger partial charge in [0.2, 0.25) is 11.8 Å². The molecule has 0 spiro atoms. The van der Waals surface area contributed by atoms with Crippen LogP contribution >= 0.6 is 15.9 Å². The number of nitrogens with one attached hydrogen (secondary N) is 1. The molecule has 1 heterocycles. The second-order valence-electron chi connectivity index (χ2n) is 5.46. The van der Waals surface area contributed by atoms with Crippen LogP contribution in [0.4, 0.5) is 5.69 Å². The summed E-state index contributed by atoms with van der Waals surface area (Å²) in [6.07, 6.45) is 0.338. The van der Waals surface area contributed by atoms with Gasteiger partial charge in [-0.15, -0.1) is 0 Å². The molecule has 2 amide bonds. The van der Waals surface area contributed by atoms with E-state index in [1.54, 1.807) is 4.90 Å². The van der Waals surface area contributed by atoms with E-state index in [2.05, 4.69) is 21.2 Å². The van der Waals surface area contributed by atoms with E-state index in [1.807, 2.05) is 39.0 Å². The molecule has 0 aromatic heterocycles. The van der Waals surface area contributed by atoms with Gasteiger partial charge >= 0.3 is 0 Å². The Bertz CT molecular complexity index is 543. The Balaban J connectivity index is 2.38. The maximum absolute atomic E-state index is 12.7. The van der Waals surface area contributed by atoms with Crippen molar-refractivity contribution in [3.63, 3.8) is 0 Å². The van der Waals surface area contributed by atoms with Crippen molar-refractivity contribution >= 4 is 33.4 Å². The van der Waals surface area contributed by atoms with E-state index in [-0.39, 0.29) is 17.7 Å². The van der Waals surface area contributed by atoms with E-state index in [0.717, 1.165) is 15.7 Å². The van der Waals surface area contributed by atoms with E-state index >= 15 is 0 Å².